The first-order valence-corrected chi connectivity index (χ1v) is 4.33. The summed E-state index contributed by atoms with van der Waals surface area (Å²) in [7, 11) is 0. The zero-order valence-electron chi connectivity index (χ0n) is 7.40. The van der Waals surface area contributed by atoms with E-state index in [1.165, 1.54) is 6.07 Å². The topological polar surface area (TPSA) is 12.0 Å². The van der Waals surface area contributed by atoms with Crippen LogP contribution in [0.5, 0.6) is 0 Å². The summed E-state index contributed by atoms with van der Waals surface area (Å²) in [4.78, 5) is 0. The van der Waals surface area contributed by atoms with Crippen LogP contribution in [-0.4, -0.2) is 6.54 Å². The van der Waals surface area contributed by atoms with Gasteiger partial charge in [0.15, 0.2) is 0 Å². The molecule has 0 bridgehead atoms. The molecule has 1 nitrogen and oxygen atoms in total. The van der Waals surface area contributed by atoms with E-state index in [1.54, 1.807) is 6.07 Å². The molecule has 0 spiro atoms. The summed E-state index contributed by atoms with van der Waals surface area (Å²) in [5.41, 5.74) is 1.80. The van der Waals surface area contributed by atoms with Gasteiger partial charge in [0.2, 0.25) is 0 Å². The van der Waals surface area contributed by atoms with E-state index in [-0.39, 0.29) is 5.56 Å². The van der Waals surface area contributed by atoms with Gasteiger partial charge in [0.1, 0.15) is 0 Å². The molecule has 3 heteroatoms. The van der Waals surface area contributed by atoms with Crippen molar-refractivity contribution >= 4 is 5.69 Å². The minimum Gasteiger partial charge on any atom is -0.384 e. The highest BCUT2D eigenvalue weighted by Gasteiger charge is 2.29. The zero-order valence-corrected chi connectivity index (χ0v) is 7.40. The van der Waals surface area contributed by atoms with E-state index in [2.05, 4.69) is 5.32 Å². The van der Waals surface area contributed by atoms with E-state index in [4.69, 9.17) is 0 Å². The molecule has 0 saturated heterocycles. The number of alkyl halides is 2. The van der Waals surface area contributed by atoms with Crippen LogP contribution in [-0.2, 0) is 12.3 Å². The molecule has 2 rings (SSSR count). The van der Waals surface area contributed by atoms with Gasteiger partial charge >= 0.3 is 0 Å². The number of hydrogen-bond acceptors (Lipinski definition) is 1. The number of hydrogen-bond donors (Lipinski definition) is 1. The first-order chi connectivity index (χ1) is 6.09. The van der Waals surface area contributed by atoms with Crippen molar-refractivity contribution in [3.63, 3.8) is 0 Å². The van der Waals surface area contributed by atoms with Crippen LogP contribution in [0.15, 0.2) is 18.2 Å². The largest absolute Gasteiger partial charge is 0.384 e. The average Bonchev–Trinajstić information content (AvgIpc) is 2.48. The number of fused-ring (bicyclic) bond motifs is 1. The third kappa shape index (κ3) is 1.39. The molecule has 1 aromatic rings. The van der Waals surface area contributed by atoms with Gasteiger partial charge in [0.05, 0.1) is 0 Å². The van der Waals surface area contributed by atoms with Gasteiger partial charge in [-0.05, 0) is 18.1 Å². The maximum atomic E-state index is 13.1. The van der Waals surface area contributed by atoms with Gasteiger partial charge < -0.3 is 5.32 Å². The van der Waals surface area contributed by atoms with Crippen molar-refractivity contribution in [2.45, 2.75) is 19.3 Å². The maximum Gasteiger partial charge on any atom is 0.270 e. The summed E-state index contributed by atoms with van der Waals surface area (Å²) < 4.78 is 26.2. The Hall–Kier alpha value is -1.12. The summed E-state index contributed by atoms with van der Waals surface area (Å²) in [5.74, 6) is -2.72. The fraction of sp³-hybridized carbons (Fsp3) is 0.400. The molecule has 70 valence electrons. The fourth-order valence-electron chi connectivity index (χ4n) is 1.76. The third-order valence-corrected chi connectivity index (χ3v) is 2.34. The normalized spacial score (nSPS) is 15.3. The van der Waals surface area contributed by atoms with Crippen LogP contribution in [0.4, 0.5) is 14.5 Å². The molecule has 1 N–H and O–H groups in total. The van der Waals surface area contributed by atoms with E-state index < -0.39 is 5.92 Å². The average molecular weight is 183 g/mol. The molecule has 0 atom stereocenters. The molecule has 0 fully saturated rings. The van der Waals surface area contributed by atoms with Crippen molar-refractivity contribution in [2.75, 3.05) is 11.9 Å². The van der Waals surface area contributed by atoms with E-state index in [0.29, 0.717) is 6.42 Å². The van der Waals surface area contributed by atoms with Crippen LogP contribution in [0, 0.1) is 0 Å². The highest BCUT2D eigenvalue weighted by molar-refractivity contribution is 5.59. The molecule has 1 heterocycles. The number of benzene rings is 1. The van der Waals surface area contributed by atoms with Gasteiger partial charge in [0.25, 0.3) is 5.92 Å². The lowest BCUT2D eigenvalue weighted by molar-refractivity contribution is 0.0167. The van der Waals surface area contributed by atoms with E-state index in [1.807, 2.05) is 6.07 Å². The number of anilines is 1. The van der Waals surface area contributed by atoms with Crippen LogP contribution < -0.4 is 5.32 Å². The zero-order chi connectivity index (χ0) is 9.47. The monoisotopic (exact) mass is 183 g/mol. The third-order valence-electron chi connectivity index (χ3n) is 2.34. The van der Waals surface area contributed by atoms with E-state index >= 15 is 0 Å². The second-order valence-electron chi connectivity index (χ2n) is 3.40. The first kappa shape index (κ1) is 8.48. The number of nitrogens with one attached hydrogen (secondary N) is 1. The van der Waals surface area contributed by atoms with Gasteiger partial charge in [-0.2, -0.15) is 0 Å². The smallest absolute Gasteiger partial charge is 0.270 e. The SMILES string of the molecule is CC(F)(F)c1cccc2c1CCN2. The van der Waals surface area contributed by atoms with Crippen LogP contribution >= 0.6 is 0 Å². The summed E-state index contributed by atoms with van der Waals surface area (Å²) >= 11 is 0. The molecule has 0 saturated carbocycles. The fourth-order valence-corrected chi connectivity index (χ4v) is 1.76. The van der Waals surface area contributed by atoms with Crippen molar-refractivity contribution in [3.8, 4) is 0 Å². The Morgan fingerprint density at radius 3 is 2.85 bits per heavy atom. The Morgan fingerprint density at radius 1 is 1.38 bits per heavy atom. The molecule has 0 aromatic heterocycles. The van der Waals surface area contributed by atoms with Crippen molar-refractivity contribution in [1.29, 1.82) is 0 Å². The second-order valence-corrected chi connectivity index (χ2v) is 3.40. The van der Waals surface area contributed by atoms with E-state index in [0.717, 1.165) is 24.7 Å². The number of halogens is 2. The lowest BCUT2D eigenvalue weighted by Gasteiger charge is -2.14. The van der Waals surface area contributed by atoms with Crippen LogP contribution in [0.3, 0.4) is 0 Å². The molecule has 0 radical (unpaired) electrons. The first-order valence-electron chi connectivity index (χ1n) is 4.33. The minimum absolute atomic E-state index is 0.162. The summed E-state index contributed by atoms with van der Waals surface area (Å²) in [5, 5.41) is 3.08. The lowest BCUT2D eigenvalue weighted by atomic mass is 10.0. The predicted octanol–water partition coefficient (Wildman–Crippen LogP) is 2.77. The van der Waals surface area contributed by atoms with Crippen molar-refractivity contribution in [2.24, 2.45) is 0 Å². The van der Waals surface area contributed by atoms with Gasteiger partial charge in [-0.1, -0.05) is 12.1 Å². The standard InChI is InChI=1S/C10H11F2N/c1-10(11,12)8-3-2-4-9-7(8)5-6-13-9/h2-4,13H,5-6H2,1H3. The molecular formula is C10H11F2N. The minimum atomic E-state index is -2.72. The highest BCUT2D eigenvalue weighted by Crippen LogP contribution is 2.35. The Balaban J connectivity index is 2.54. The molecule has 0 amide bonds. The van der Waals surface area contributed by atoms with Gasteiger partial charge in [-0.25, -0.2) is 8.78 Å². The van der Waals surface area contributed by atoms with Gasteiger partial charge in [-0.15, -0.1) is 0 Å². The van der Waals surface area contributed by atoms with Crippen LogP contribution in [0.25, 0.3) is 0 Å². The Labute approximate surface area is 75.8 Å². The number of rotatable bonds is 1. The Kier molecular flexibility index (Phi) is 1.75. The van der Waals surface area contributed by atoms with Crippen molar-refractivity contribution in [3.05, 3.63) is 29.3 Å². The molecule has 0 aliphatic carbocycles. The van der Waals surface area contributed by atoms with Crippen molar-refractivity contribution < 1.29 is 8.78 Å². The molecule has 1 aliphatic rings. The predicted molar refractivity (Wildman–Crippen MR) is 48.2 cm³/mol. The van der Waals surface area contributed by atoms with Crippen molar-refractivity contribution in [1.82, 2.24) is 0 Å². The summed E-state index contributed by atoms with van der Waals surface area (Å²) in [6.45, 7) is 1.71. The van der Waals surface area contributed by atoms with Crippen LogP contribution in [0.2, 0.25) is 0 Å². The van der Waals surface area contributed by atoms with Crippen LogP contribution in [0.1, 0.15) is 18.1 Å². The Bertz CT molecular complexity index is 328. The second kappa shape index (κ2) is 2.69. The molecule has 1 aliphatic heterocycles. The Morgan fingerprint density at radius 2 is 2.15 bits per heavy atom. The molecular weight excluding hydrogens is 172 g/mol. The highest BCUT2D eigenvalue weighted by atomic mass is 19.3. The van der Waals surface area contributed by atoms with E-state index in [9.17, 15) is 8.78 Å². The molecule has 13 heavy (non-hydrogen) atoms. The summed E-state index contributed by atoms with van der Waals surface area (Å²) in [6, 6.07) is 5.02. The maximum absolute atomic E-state index is 13.1. The van der Waals surface area contributed by atoms with Gasteiger partial charge in [0, 0.05) is 24.7 Å². The molecule has 1 aromatic carbocycles. The summed E-state index contributed by atoms with van der Waals surface area (Å²) in [6.07, 6.45) is 0.703. The lowest BCUT2D eigenvalue weighted by Crippen LogP contribution is -2.09. The quantitative estimate of drug-likeness (QED) is 0.705. The molecule has 0 unspecified atom stereocenters. The van der Waals surface area contributed by atoms with Gasteiger partial charge in [-0.3, -0.25) is 0 Å².